The molecule has 0 saturated heterocycles. The molecule has 0 aromatic heterocycles. The van der Waals surface area contributed by atoms with Crippen LogP contribution in [0.3, 0.4) is 0 Å². The molecule has 0 bridgehead atoms. The second-order valence-corrected chi connectivity index (χ2v) is 8.16. The average Bonchev–Trinajstić information content (AvgIpc) is 2.49. The summed E-state index contributed by atoms with van der Waals surface area (Å²) in [5.74, 6) is -1.59. The molecule has 0 saturated carbocycles. The Labute approximate surface area is 149 Å². The first kappa shape index (κ1) is 19.1. The number of hydrogen-bond acceptors (Lipinski definition) is 3. The van der Waals surface area contributed by atoms with Gasteiger partial charge in [0.15, 0.2) is 9.84 Å². The summed E-state index contributed by atoms with van der Waals surface area (Å²) in [4.78, 5) is -0.0425. The van der Waals surface area contributed by atoms with Crippen molar-refractivity contribution in [2.45, 2.75) is 17.9 Å². The van der Waals surface area contributed by atoms with E-state index in [1.807, 2.05) is 0 Å². The number of rotatable bonds is 6. The predicted molar refractivity (Wildman–Crippen MR) is 91.3 cm³/mol. The molecule has 0 aliphatic heterocycles. The largest absolute Gasteiger partial charge is 0.309 e. The molecular formula is C16H15Cl2F2NO2S. The van der Waals surface area contributed by atoms with Gasteiger partial charge in [-0.05, 0) is 31.2 Å². The maximum atomic E-state index is 13.7. The molecule has 0 heterocycles. The van der Waals surface area contributed by atoms with Crippen molar-refractivity contribution in [3.8, 4) is 0 Å². The van der Waals surface area contributed by atoms with Crippen molar-refractivity contribution in [3.63, 3.8) is 0 Å². The molecule has 3 nitrogen and oxygen atoms in total. The van der Waals surface area contributed by atoms with Crippen LogP contribution in [-0.4, -0.2) is 20.7 Å². The number of sulfone groups is 1. The van der Waals surface area contributed by atoms with E-state index in [1.54, 1.807) is 6.92 Å². The van der Waals surface area contributed by atoms with E-state index in [-0.39, 0.29) is 32.8 Å². The van der Waals surface area contributed by atoms with Gasteiger partial charge < -0.3 is 5.32 Å². The fraction of sp³-hybridized carbons (Fsp3) is 0.250. The SMILES string of the molecule is C[C@@H](NCCS(=O)(=O)c1cc(Cl)ccc1Cl)c1ccc(F)cc1F. The van der Waals surface area contributed by atoms with Gasteiger partial charge in [0.2, 0.25) is 0 Å². The predicted octanol–water partition coefficient (Wildman–Crippen LogP) is 4.40. The summed E-state index contributed by atoms with van der Waals surface area (Å²) >= 11 is 11.7. The minimum atomic E-state index is -3.64. The Morgan fingerprint density at radius 2 is 1.83 bits per heavy atom. The molecular weight excluding hydrogens is 379 g/mol. The van der Waals surface area contributed by atoms with Crippen LogP contribution in [0.25, 0.3) is 0 Å². The van der Waals surface area contributed by atoms with E-state index in [0.717, 1.165) is 12.1 Å². The number of hydrogen-bond donors (Lipinski definition) is 1. The molecule has 1 atom stereocenters. The van der Waals surface area contributed by atoms with Crippen LogP contribution in [0.5, 0.6) is 0 Å². The number of halogens is 4. The lowest BCUT2D eigenvalue weighted by atomic mass is 10.1. The summed E-state index contributed by atoms with van der Waals surface area (Å²) in [7, 11) is -3.64. The minimum absolute atomic E-state index is 0.0425. The highest BCUT2D eigenvalue weighted by atomic mass is 35.5. The van der Waals surface area contributed by atoms with E-state index in [4.69, 9.17) is 23.2 Å². The second-order valence-electron chi connectivity index (χ2n) is 5.24. The third-order valence-electron chi connectivity index (χ3n) is 3.48. The molecule has 0 amide bonds. The van der Waals surface area contributed by atoms with Crippen LogP contribution in [0.1, 0.15) is 18.5 Å². The Bertz CT molecular complexity index is 844. The first-order valence-corrected chi connectivity index (χ1v) is 9.47. The van der Waals surface area contributed by atoms with Gasteiger partial charge in [-0.2, -0.15) is 0 Å². The zero-order chi connectivity index (χ0) is 17.9. The monoisotopic (exact) mass is 393 g/mol. The second kappa shape index (κ2) is 7.78. The molecule has 2 rings (SSSR count). The molecule has 0 fully saturated rings. The number of nitrogens with one attached hydrogen (secondary N) is 1. The standard InChI is InChI=1S/C16H15Cl2F2NO2S/c1-10(13-4-3-12(19)9-15(13)20)21-6-7-24(22,23)16-8-11(17)2-5-14(16)18/h2-5,8-10,21H,6-7H2,1H3/t10-/m1/s1. The zero-order valence-corrected chi connectivity index (χ0v) is 15.0. The Kier molecular flexibility index (Phi) is 6.20. The van der Waals surface area contributed by atoms with Crippen molar-refractivity contribution in [2.24, 2.45) is 0 Å². The average molecular weight is 394 g/mol. The van der Waals surface area contributed by atoms with Crippen molar-refractivity contribution in [3.05, 3.63) is 63.6 Å². The molecule has 0 aliphatic carbocycles. The van der Waals surface area contributed by atoms with Gasteiger partial charge in [-0.1, -0.05) is 29.3 Å². The fourth-order valence-electron chi connectivity index (χ4n) is 2.20. The molecule has 0 spiro atoms. The topological polar surface area (TPSA) is 46.2 Å². The van der Waals surface area contributed by atoms with E-state index >= 15 is 0 Å². The van der Waals surface area contributed by atoms with Crippen molar-refractivity contribution >= 4 is 33.0 Å². The van der Waals surface area contributed by atoms with Crippen LogP contribution in [-0.2, 0) is 9.84 Å². The van der Waals surface area contributed by atoms with Crippen molar-refractivity contribution < 1.29 is 17.2 Å². The van der Waals surface area contributed by atoms with Crippen molar-refractivity contribution in [2.75, 3.05) is 12.3 Å². The quantitative estimate of drug-likeness (QED) is 0.790. The van der Waals surface area contributed by atoms with Gasteiger partial charge in [-0.15, -0.1) is 0 Å². The highest BCUT2D eigenvalue weighted by Crippen LogP contribution is 2.26. The van der Waals surface area contributed by atoms with Crippen molar-refractivity contribution in [1.82, 2.24) is 5.32 Å². The third kappa shape index (κ3) is 4.66. The lowest BCUT2D eigenvalue weighted by molar-refractivity contribution is 0.525. The maximum Gasteiger partial charge on any atom is 0.181 e. The van der Waals surface area contributed by atoms with Crippen molar-refractivity contribution in [1.29, 1.82) is 0 Å². The highest BCUT2D eigenvalue weighted by Gasteiger charge is 2.19. The fourth-order valence-corrected chi connectivity index (χ4v) is 4.18. The highest BCUT2D eigenvalue weighted by molar-refractivity contribution is 7.91. The Hall–Kier alpha value is -1.21. The molecule has 24 heavy (non-hydrogen) atoms. The summed E-state index contributed by atoms with van der Waals surface area (Å²) in [6, 6.07) is 7.00. The van der Waals surface area contributed by atoms with E-state index in [0.29, 0.717) is 0 Å². The van der Waals surface area contributed by atoms with Crippen LogP contribution in [0.4, 0.5) is 8.78 Å². The van der Waals surface area contributed by atoms with Crippen LogP contribution in [0.15, 0.2) is 41.3 Å². The van der Waals surface area contributed by atoms with Gasteiger partial charge in [0.05, 0.1) is 15.7 Å². The Balaban J connectivity index is 2.03. The Morgan fingerprint density at radius 3 is 2.50 bits per heavy atom. The van der Waals surface area contributed by atoms with Gasteiger partial charge in [0.1, 0.15) is 11.6 Å². The molecule has 2 aromatic rings. The van der Waals surface area contributed by atoms with Crippen LogP contribution in [0, 0.1) is 11.6 Å². The van der Waals surface area contributed by atoms with Gasteiger partial charge in [0, 0.05) is 29.2 Å². The van der Waals surface area contributed by atoms with Gasteiger partial charge in [-0.3, -0.25) is 0 Å². The molecule has 130 valence electrons. The third-order valence-corrected chi connectivity index (χ3v) is 5.90. The molecule has 1 N–H and O–H groups in total. The molecule has 8 heteroatoms. The molecule has 0 radical (unpaired) electrons. The summed E-state index contributed by atoms with van der Waals surface area (Å²) < 4.78 is 51.3. The first-order chi connectivity index (χ1) is 11.2. The van der Waals surface area contributed by atoms with E-state index < -0.39 is 27.5 Å². The molecule has 2 aromatic carbocycles. The molecule has 0 aliphatic rings. The minimum Gasteiger partial charge on any atom is -0.309 e. The van der Waals surface area contributed by atoms with E-state index in [1.165, 1.54) is 24.3 Å². The van der Waals surface area contributed by atoms with Crippen LogP contribution >= 0.6 is 23.2 Å². The van der Waals surface area contributed by atoms with Gasteiger partial charge in [-0.25, -0.2) is 17.2 Å². The zero-order valence-electron chi connectivity index (χ0n) is 12.7. The summed E-state index contributed by atoms with van der Waals surface area (Å²) in [5, 5.41) is 3.27. The molecule has 0 unspecified atom stereocenters. The normalized spacial score (nSPS) is 13.0. The summed E-state index contributed by atoms with van der Waals surface area (Å²) in [5.41, 5.74) is 0.259. The summed E-state index contributed by atoms with van der Waals surface area (Å²) in [6.07, 6.45) is 0. The lowest BCUT2D eigenvalue weighted by Gasteiger charge is -2.15. The lowest BCUT2D eigenvalue weighted by Crippen LogP contribution is -2.26. The summed E-state index contributed by atoms with van der Waals surface area (Å²) in [6.45, 7) is 1.73. The number of benzene rings is 2. The smallest absolute Gasteiger partial charge is 0.181 e. The first-order valence-electron chi connectivity index (χ1n) is 7.07. The van der Waals surface area contributed by atoms with E-state index in [9.17, 15) is 17.2 Å². The van der Waals surface area contributed by atoms with Gasteiger partial charge >= 0.3 is 0 Å². The Morgan fingerprint density at radius 1 is 1.12 bits per heavy atom. The van der Waals surface area contributed by atoms with Crippen LogP contribution in [0.2, 0.25) is 10.0 Å². The maximum absolute atomic E-state index is 13.7. The van der Waals surface area contributed by atoms with Gasteiger partial charge in [0.25, 0.3) is 0 Å². The van der Waals surface area contributed by atoms with Crippen LogP contribution < -0.4 is 5.32 Å². The van der Waals surface area contributed by atoms with E-state index in [2.05, 4.69) is 5.32 Å².